The monoisotopic (exact) mass is 258 g/mol. The summed E-state index contributed by atoms with van der Waals surface area (Å²) in [4.78, 5) is 10.9. The molecule has 2 aromatic carbocycles. The molecule has 98 valence electrons. The Labute approximate surface area is 111 Å². The van der Waals surface area contributed by atoms with E-state index in [2.05, 4.69) is 0 Å². The summed E-state index contributed by atoms with van der Waals surface area (Å²) >= 11 is 0. The minimum absolute atomic E-state index is 0.0657. The summed E-state index contributed by atoms with van der Waals surface area (Å²) < 4.78 is 10.4. The van der Waals surface area contributed by atoms with E-state index in [9.17, 15) is 9.90 Å². The van der Waals surface area contributed by atoms with Crippen LogP contribution in [-0.4, -0.2) is 25.6 Å². The van der Waals surface area contributed by atoms with Gasteiger partial charge in [-0.2, -0.15) is 0 Å². The van der Waals surface area contributed by atoms with Crippen LogP contribution in [0.25, 0.3) is 11.1 Å². The van der Waals surface area contributed by atoms with Gasteiger partial charge in [0.1, 0.15) is 17.2 Å². The summed E-state index contributed by atoms with van der Waals surface area (Å²) in [6.07, 6.45) is 0.617. The number of phenolic OH excluding ortho intramolecular Hbond substituents is 1. The molecule has 0 aliphatic heterocycles. The summed E-state index contributed by atoms with van der Waals surface area (Å²) in [6, 6.07) is 10.3. The molecule has 0 atom stereocenters. The first-order valence-corrected chi connectivity index (χ1v) is 5.70. The number of aromatic hydroxyl groups is 1. The van der Waals surface area contributed by atoms with Crippen LogP contribution >= 0.6 is 0 Å². The van der Waals surface area contributed by atoms with Crippen molar-refractivity contribution in [2.24, 2.45) is 0 Å². The summed E-state index contributed by atoms with van der Waals surface area (Å²) in [5, 5.41) is 10.1. The van der Waals surface area contributed by atoms with Crippen molar-refractivity contribution >= 4 is 6.29 Å². The molecule has 0 aliphatic carbocycles. The van der Waals surface area contributed by atoms with Gasteiger partial charge < -0.3 is 14.6 Å². The Balaban J connectivity index is 2.66. The van der Waals surface area contributed by atoms with Crippen LogP contribution in [0.3, 0.4) is 0 Å². The van der Waals surface area contributed by atoms with Gasteiger partial charge >= 0.3 is 0 Å². The fourth-order valence-electron chi connectivity index (χ4n) is 1.90. The molecule has 0 bridgehead atoms. The van der Waals surface area contributed by atoms with E-state index in [1.165, 1.54) is 0 Å². The van der Waals surface area contributed by atoms with E-state index in [0.717, 1.165) is 0 Å². The van der Waals surface area contributed by atoms with E-state index >= 15 is 0 Å². The van der Waals surface area contributed by atoms with Crippen LogP contribution in [0.1, 0.15) is 10.4 Å². The summed E-state index contributed by atoms with van der Waals surface area (Å²) in [5.41, 5.74) is 1.44. The van der Waals surface area contributed by atoms with Gasteiger partial charge in [0.2, 0.25) is 0 Å². The van der Waals surface area contributed by atoms with Gasteiger partial charge in [-0.15, -0.1) is 0 Å². The van der Waals surface area contributed by atoms with Crippen LogP contribution in [0.15, 0.2) is 36.4 Å². The molecular formula is C15H14O4. The second-order valence-electron chi connectivity index (χ2n) is 3.93. The lowest BCUT2D eigenvalue weighted by Crippen LogP contribution is -1.92. The lowest BCUT2D eigenvalue weighted by Gasteiger charge is -2.12. The Morgan fingerprint density at radius 1 is 1.05 bits per heavy atom. The van der Waals surface area contributed by atoms with Gasteiger partial charge in [0.15, 0.2) is 6.29 Å². The Bertz CT molecular complexity index is 605. The molecule has 0 spiro atoms. The van der Waals surface area contributed by atoms with Gasteiger partial charge in [-0.3, -0.25) is 4.79 Å². The highest BCUT2D eigenvalue weighted by Gasteiger charge is 2.13. The molecule has 19 heavy (non-hydrogen) atoms. The SMILES string of the molecule is COc1ccc(OC)c(-c2cccc(C=O)c2O)c1. The predicted molar refractivity (Wildman–Crippen MR) is 72.0 cm³/mol. The number of aldehydes is 1. The van der Waals surface area contributed by atoms with E-state index in [-0.39, 0.29) is 11.3 Å². The zero-order chi connectivity index (χ0) is 13.8. The van der Waals surface area contributed by atoms with Crippen LogP contribution in [-0.2, 0) is 0 Å². The molecule has 0 heterocycles. The van der Waals surface area contributed by atoms with Crippen LogP contribution in [0, 0.1) is 0 Å². The van der Waals surface area contributed by atoms with Crippen molar-refractivity contribution in [1.82, 2.24) is 0 Å². The normalized spacial score (nSPS) is 10.0. The molecule has 2 aromatic rings. The largest absolute Gasteiger partial charge is 0.507 e. The maximum absolute atomic E-state index is 10.9. The van der Waals surface area contributed by atoms with E-state index in [4.69, 9.17) is 9.47 Å². The van der Waals surface area contributed by atoms with Crippen molar-refractivity contribution < 1.29 is 19.4 Å². The number of hydrogen-bond acceptors (Lipinski definition) is 4. The maximum atomic E-state index is 10.9. The minimum Gasteiger partial charge on any atom is -0.507 e. The maximum Gasteiger partial charge on any atom is 0.153 e. The number of carbonyl (C=O) groups excluding carboxylic acids is 1. The van der Waals surface area contributed by atoms with E-state index in [1.54, 1.807) is 50.6 Å². The van der Waals surface area contributed by atoms with Gasteiger partial charge in [0.05, 0.1) is 19.8 Å². The number of carbonyl (C=O) groups is 1. The average Bonchev–Trinajstić information content (AvgIpc) is 2.47. The summed E-state index contributed by atoms with van der Waals surface area (Å²) in [6.45, 7) is 0. The lowest BCUT2D eigenvalue weighted by atomic mass is 10.0. The summed E-state index contributed by atoms with van der Waals surface area (Å²) in [7, 11) is 3.11. The van der Waals surface area contributed by atoms with E-state index in [0.29, 0.717) is 28.9 Å². The Hall–Kier alpha value is -2.49. The molecule has 0 amide bonds. The number of rotatable bonds is 4. The first kappa shape index (κ1) is 13.0. The van der Waals surface area contributed by atoms with Crippen molar-refractivity contribution in [3.05, 3.63) is 42.0 Å². The Morgan fingerprint density at radius 2 is 1.84 bits per heavy atom. The first-order chi connectivity index (χ1) is 9.21. The molecule has 0 radical (unpaired) electrons. The van der Waals surface area contributed by atoms with Crippen LogP contribution in [0.2, 0.25) is 0 Å². The molecule has 1 N–H and O–H groups in total. The number of ether oxygens (including phenoxy) is 2. The lowest BCUT2D eigenvalue weighted by molar-refractivity contribution is 0.112. The third kappa shape index (κ3) is 2.38. The molecular weight excluding hydrogens is 244 g/mol. The van der Waals surface area contributed by atoms with Crippen molar-refractivity contribution in [3.8, 4) is 28.4 Å². The van der Waals surface area contributed by atoms with Crippen molar-refractivity contribution in [2.45, 2.75) is 0 Å². The number of para-hydroxylation sites is 1. The van der Waals surface area contributed by atoms with Crippen molar-refractivity contribution in [2.75, 3.05) is 14.2 Å². The second kappa shape index (κ2) is 5.44. The smallest absolute Gasteiger partial charge is 0.153 e. The molecule has 0 saturated heterocycles. The Kier molecular flexibility index (Phi) is 3.71. The van der Waals surface area contributed by atoms with Crippen LogP contribution in [0.4, 0.5) is 0 Å². The molecule has 4 nitrogen and oxygen atoms in total. The Morgan fingerprint density at radius 3 is 2.47 bits per heavy atom. The van der Waals surface area contributed by atoms with Gasteiger partial charge in [0, 0.05) is 11.1 Å². The number of phenols is 1. The van der Waals surface area contributed by atoms with Gasteiger partial charge in [-0.25, -0.2) is 0 Å². The van der Waals surface area contributed by atoms with Gasteiger partial charge in [-0.05, 0) is 24.3 Å². The van der Waals surface area contributed by atoms with E-state index in [1.807, 2.05) is 0 Å². The molecule has 0 unspecified atom stereocenters. The molecule has 0 saturated carbocycles. The molecule has 4 heteroatoms. The highest BCUT2D eigenvalue weighted by molar-refractivity contribution is 5.87. The fourth-order valence-corrected chi connectivity index (χ4v) is 1.90. The zero-order valence-electron chi connectivity index (χ0n) is 10.7. The molecule has 0 aliphatic rings. The van der Waals surface area contributed by atoms with Crippen molar-refractivity contribution in [1.29, 1.82) is 0 Å². The second-order valence-corrected chi connectivity index (χ2v) is 3.93. The number of methoxy groups -OCH3 is 2. The van der Waals surface area contributed by atoms with Crippen molar-refractivity contribution in [3.63, 3.8) is 0 Å². The predicted octanol–water partition coefficient (Wildman–Crippen LogP) is 2.89. The fraction of sp³-hybridized carbons (Fsp3) is 0.133. The highest BCUT2D eigenvalue weighted by atomic mass is 16.5. The first-order valence-electron chi connectivity index (χ1n) is 5.70. The topological polar surface area (TPSA) is 55.8 Å². The quantitative estimate of drug-likeness (QED) is 0.857. The standard InChI is InChI=1S/C15H14O4/c1-18-11-6-7-14(19-2)13(8-11)12-5-3-4-10(9-16)15(12)17/h3-9,17H,1-2H3. The molecule has 2 rings (SSSR count). The summed E-state index contributed by atoms with van der Waals surface area (Å²) in [5.74, 6) is 1.18. The van der Waals surface area contributed by atoms with Gasteiger partial charge in [0.25, 0.3) is 0 Å². The molecule has 0 aromatic heterocycles. The van der Waals surface area contributed by atoms with Crippen LogP contribution in [0.5, 0.6) is 17.2 Å². The average molecular weight is 258 g/mol. The third-order valence-corrected chi connectivity index (χ3v) is 2.89. The van der Waals surface area contributed by atoms with Crippen LogP contribution < -0.4 is 9.47 Å². The molecule has 0 fully saturated rings. The third-order valence-electron chi connectivity index (χ3n) is 2.89. The zero-order valence-corrected chi connectivity index (χ0v) is 10.7. The highest BCUT2D eigenvalue weighted by Crippen LogP contribution is 2.39. The van der Waals surface area contributed by atoms with Gasteiger partial charge in [-0.1, -0.05) is 12.1 Å². The minimum atomic E-state index is -0.0657. The number of benzene rings is 2. The van der Waals surface area contributed by atoms with E-state index < -0.39 is 0 Å². The number of hydrogen-bond donors (Lipinski definition) is 1.